The molecule has 1 aromatic rings. The monoisotopic (exact) mass is 438 g/mol. The Hall–Kier alpha value is -2.27. The second-order valence-corrected chi connectivity index (χ2v) is 8.70. The van der Waals surface area contributed by atoms with Gasteiger partial charge in [-0.15, -0.1) is 6.58 Å². The fourth-order valence-electron chi connectivity index (χ4n) is 3.02. The Balaban J connectivity index is 1.82. The first-order valence-corrected chi connectivity index (χ1v) is 11.3. The van der Waals surface area contributed by atoms with Gasteiger partial charge in [-0.3, -0.25) is 14.5 Å². The van der Waals surface area contributed by atoms with Crippen LogP contribution in [0.4, 0.5) is 0 Å². The molecular formula is C20H30N4O5S. The van der Waals surface area contributed by atoms with E-state index in [1.54, 1.807) is 12.0 Å². The van der Waals surface area contributed by atoms with Crippen LogP contribution in [-0.4, -0.2) is 89.6 Å². The summed E-state index contributed by atoms with van der Waals surface area (Å²) in [5, 5.41) is 2.85. The number of piperazine rings is 1. The van der Waals surface area contributed by atoms with Crippen molar-refractivity contribution in [1.29, 1.82) is 0 Å². The molecule has 30 heavy (non-hydrogen) atoms. The van der Waals surface area contributed by atoms with Gasteiger partial charge in [0, 0.05) is 58.5 Å². The maximum Gasteiger partial charge on any atom is 0.253 e. The van der Waals surface area contributed by atoms with E-state index in [9.17, 15) is 18.0 Å². The zero-order valence-electron chi connectivity index (χ0n) is 17.3. The van der Waals surface area contributed by atoms with Gasteiger partial charge in [0.2, 0.25) is 15.9 Å². The molecule has 0 radical (unpaired) electrons. The highest BCUT2D eigenvalue weighted by atomic mass is 32.2. The molecule has 1 heterocycles. The molecule has 1 saturated heterocycles. The first kappa shape index (κ1) is 24.0. The van der Waals surface area contributed by atoms with Crippen molar-refractivity contribution in [2.75, 3.05) is 59.5 Å². The molecule has 0 saturated carbocycles. The molecule has 1 aliphatic rings. The number of sulfonamides is 1. The number of carbonyl (C=O) groups excluding carboxylic acids is 2. The highest BCUT2D eigenvalue weighted by Gasteiger charge is 2.23. The van der Waals surface area contributed by atoms with Gasteiger partial charge in [0.15, 0.2) is 0 Å². The van der Waals surface area contributed by atoms with E-state index >= 15 is 0 Å². The Morgan fingerprint density at radius 3 is 2.43 bits per heavy atom. The minimum Gasteiger partial charge on any atom is -0.385 e. The maximum absolute atomic E-state index is 12.7. The van der Waals surface area contributed by atoms with Gasteiger partial charge in [-0.25, -0.2) is 13.1 Å². The first-order valence-electron chi connectivity index (χ1n) is 9.85. The number of amides is 2. The molecule has 1 aliphatic heterocycles. The van der Waals surface area contributed by atoms with E-state index in [1.165, 1.54) is 30.3 Å². The SMILES string of the molecule is C=CCNS(=O)(=O)c1ccc(C(=O)N2CCN(CC(=O)NCCCOC)CC2)cc1. The van der Waals surface area contributed by atoms with Crippen LogP contribution in [0.1, 0.15) is 16.8 Å². The highest BCUT2D eigenvalue weighted by Crippen LogP contribution is 2.13. The van der Waals surface area contributed by atoms with Crippen molar-refractivity contribution in [2.24, 2.45) is 0 Å². The van der Waals surface area contributed by atoms with Gasteiger partial charge in [-0.1, -0.05) is 6.08 Å². The van der Waals surface area contributed by atoms with E-state index in [2.05, 4.69) is 16.6 Å². The lowest BCUT2D eigenvalue weighted by Crippen LogP contribution is -2.51. The van der Waals surface area contributed by atoms with Gasteiger partial charge in [0.05, 0.1) is 11.4 Å². The van der Waals surface area contributed by atoms with Crippen LogP contribution in [0.15, 0.2) is 41.8 Å². The zero-order valence-corrected chi connectivity index (χ0v) is 18.1. The van der Waals surface area contributed by atoms with Crippen LogP contribution >= 0.6 is 0 Å². The van der Waals surface area contributed by atoms with Crippen molar-refractivity contribution in [2.45, 2.75) is 11.3 Å². The summed E-state index contributed by atoms with van der Waals surface area (Å²) < 4.78 is 31.5. The Morgan fingerprint density at radius 2 is 1.83 bits per heavy atom. The van der Waals surface area contributed by atoms with E-state index in [1.807, 2.05) is 4.90 Å². The highest BCUT2D eigenvalue weighted by molar-refractivity contribution is 7.89. The van der Waals surface area contributed by atoms with Crippen molar-refractivity contribution >= 4 is 21.8 Å². The number of methoxy groups -OCH3 is 1. The maximum atomic E-state index is 12.7. The average Bonchev–Trinajstić information content (AvgIpc) is 2.75. The summed E-state index contributed by atoms with van der Waals surface area (Å²) in [5.41, 5.74) is 0.432. The molecule has 0 aliphatic carbocycles. The summed E-state index contributed by atoms with van der Waals surface area (Å²) in [6.07, 6.45) is 2.23. The Bertz CT molecular complexity index is 818. The van der Waals surface area contributed by atoms with Gasteiger partial charge in [0.1, 0.15) is 0 Å². The number of ether oxygens (including phenoxy) is 1. The fraction of sp³-hybridized carbons (Fsp3) is 0.500. The van der Waals surface area contributed by atoms with E-state index < -0.39 is 10.0 Å². The number of nitrogens with zero attached hydrogens (tertiary/aromatic N) is 2. The summed E-state index contributed by atoms with van der Waals surface area (Å²) >= 11 is 0. The lowest BCUT2D eigenvalue weighted by atomic mass is 10.2. The van der Waals surface area contributed by atoms with Crippen molar-refractivity contribution in [3.05, 3.63) is 42.5 Å². The largest absolute Gasteiger partial charge is 0.385 e. The van der Waals surface area contributed by atoms with E-state index in [4.69, 9.17) is 4.74 Å². The summed E-state index contributed by atoms with van der Waals surface area (Å²) in [6.45, 7) is 7.35. The summed E-state index contributed by atoms with van der Waals surface area (Å²) in [7, 11) is -1.99. The molecule has 0 spiro atoms. The van der Waals surface area contributed by atoms with Crippen LogP contribution in [-0.2, 0) is 19.6 Å². The molecular weight excluding hydrogens is 408 g/mol. The normalized spacial score (nSPS) is 15.0. The van der Waals surface area contributed by atoms with Crippen molar-refractivity contribution in [3.63, 3.8) is 0 Å². The molecule has 0 aromatic heterocycles. The van der Waals surface area contributed by atoms with Gasteiger partial charge >= 0.3 is 0 Å². The predicted molar refractivity (Wildman–Crippen MR) is 114 cm³/mol. The molecule has 2 amide bonds. The lowest BCUT2D eigenvalue weighted by molar-refractivity contribution is -0.122. The predicted octanol–water partition coefficient (Wildman–Crippen LogP) is 0.0614. The number of benzene rings is 1. The third kappa shape index (κ3) is 7.21. The quantitative estimate of drug-likeness (QED) is 0.374. The third-order valence-corrected chi connectivity index (χ3v) is 6.14. The Morgan fingerprint density at radius 1 is 1.17 bits per heavy atom. The Kier molecular flexibility index (Phi) is 9.44. The van der Waals surface area contributed by atoms with Crippen molar-refractivity contribution in [3.8, 4) is 0 Å². The second-order valence-electron chi connectivity index (χ2n) is 6.93. The number of hydrogen-bond acceptors (Lipinski definition) is 6. The molecule has 2 N–H and O–H groups in total. The second kappa shape index (κ2) is 11.8. The van der Waals surface area contributed by atoms with Crippen LogP contribution in [0.5, 0.6) is 0 Å². The number of hydrogen-bond donors (Lipinski definition) is 2. The first-order chi connectivity index (χ1) is 14.4. The van der Waals surface area contributed by atoms with E-state index in [0.717, 1.165) is 6.42 Å². The van der Waals surface area contributed by atoms with Crippen molar-refractivity contribution in [1.82, 2.24) is 19.8 Å². The molecule has 166 valence electrons. The smallest absolute Gasteiger partial charge is 0.253 e. The minimum atomic E-state index is -3.62. The van der Waals surface area contributed by atoms with Gasteiger partial charge in [-0.05, 0) is 30.7 Å². The number of carbonyl (C=O) groups is 2. The minimum absolute atomic E-state index is 0.0345. The van der Waals surface area contributed by atoms with Crippen LogP contribution in [0.2, 0.25) is 0 Å². The molecule has 0 atom stereocenters. The fourth-order valence-corrected chi connectivity index (χ4v) is 4.02. The topological polar surface area (TPSA) is 108 Å². The van der Waals surface area contributed by atoms with Gasteiger partial charge < -0.3 is 15.0 Å². The summed E-state index contributed by atoms with van der Waals surface area (Å²) in [6, 6.07) is 5.88. The molecule has 1 fully saturated rings. The Labute approximate surface area is 178 Å². The molecule has 10 heteroatoms. The molecule has 0 unspecified atom stereocenters. The van der Waals surface area contributed by atoms with E-state index in [-0.39, 0.29) is 23.3 Å². The van der Waals surface area contributed by atoms with Crippen LogP contribution in [0.3, 0.4) is 0 Å². The van der Waals surface area contributed by atoms with Gasteiger partial charge in [0.25, 0.3) is 5.91 Å². The van der Waals surface area contributed by atoms with Crippen LogP contribution in [0, 0.1) is 0 Å². The van der Waals surface area contributed by atoms with Crippen molar-refractivity contribution < 1.29 is 22.7 Å². The standard InChI is InChI=1S/C20H30N4O5S/c1-3-9-22-30(27,28)18-7-5-17(6-8-18)20(26)24-13-11-23(12-14-24)16-19(25)21-10-4-15-29-2/h3,5-8,22H,1,4,9-16H2,2H3,(H,21,25). The lowest BCUT2D eigenvalue weighted by Gasteiger charge is -2.34. The molecule has 0 bridgehead atoms. The zero-order chi connectivity index (χ0) is 22.0. The summed E-state index contributed by atoms with van der Waals surface area (Å²) in [5.74, 6) is -0.186. The summed E-state index contributed by atoms with van der Waals surface area (Å²) in [4.78, 5) is 28.5. The third-order valence-electron chi connectivity index (χ3n) is 4.70. The average molecular weight is 439 g/mol. The van der Waals surface area contributed by atoms with Crippen LogP contribution < -0.4 is 10.0 Å². The van der Waals surface area contributed by atoms with Gasteiger partial charge in [-0.2, -0.15) is 0 Å². The number of rotatable bonds is 11. The molecule has 1 aromatic carbocycles. The van der Waals surface area contributed by atoms with E-state index in [0.29, 0.717) is 51.4 Å². The van der Waals surface area contributed by atoms with Crippen LogP contribution in [0.25, 0.3) is 0 Å². The number of nitrogens with one attached hydrogen (secondary N) is 2. The molecule has 2 rings (SSSR count). The molecule has 9 nitrogen and oxygen atoms in total.